The maximum Gasteiger partial charge on any atom is 0.220 e. The number of amides is 1. The second-order valence-corrected chi connectivity index (χ2v) is 6.02. The molecule has 1 saturated heterocycles. The second kappa shape index (κ2) is 10.2. The first-order valence-corrected chi connectivity index (χ1v) is 8.63. The first-order valence-electron chi connectivity index (χ1n) is 8.63. The molecule has 0 spiro atoms. The number of ether oxygens (including phenoxy) is 2. The van der Waals surface area contributed by atoms with Crippen LogP contribution >= 0.6 is 0 Å². The fourth-order valence-electron chi connectivity index (χ4n) is 2.82. The van der Waals surface area contributed by atoms with Gasteiger partial charge in [-0.2, -0.15) is 0 Å². The van der Waals surface area contributed by atoms with Crippen LogP contribution in [0, 0.1) is 0 Å². The van der Waals surface area contributed by atoms with Gasteiger partial charge >= 0.3 is 0 Å². The number of carbonyl (C=O) groups excluding carboxylic acids is 1. The molecular weight excluding hydrogens is 306 g/mol. The van der Waals surface area contributed by atoms with E-state index in [4.69, 9.17) is 9.47 Å². The molecule has 0 radical (unpaired) electrons. The van der Waals surface area contributed by atoms with Crippen LogP contribution in [0.3, 0.4) is 0 Å². The fraction of sp³-hybridized carbons (Fsp3) is 0.611. The summed E-state index contributed by atoms with van der Waals surface area (Å²) in [5, 5.41) is 6.35. The van der Waals surface area contributed by atoms with Gasteiger partial charge in [-0.15, -0.1) is 0 Å². The molecule has 0 unspecified atom stereocenters. The number of aryl methyl sites for hydroxylation is 1. The Bertz CT molecular complexity index is 494. The molecule has 134 valence electrons. The highest BCUT2D eigenvalue weighted by Gasteiger charge is 2.09. The van der Waals surface area contributed by atoms with Crippen molar-refractivity contribution in [3.8, 4) is 11.5 Å². The minimum atomic E-state index is 0.0945. The molecule has 2 rings (SSSR count). The summed E-state index contributed by atoms with van der Waals surface area (Å²) in [5.41, 5.74) is 1.04. The summed E-state index contributed by atoms with van der Waals surface area (Å²) in [6.07, 6.45) is 2.15. The number of benzene rings is 1. The molecule has 1 heterocycles. The van der Waals surface area contributed by atoms with Gasteiger partial charge in [0.15, 0.2) is 0 Å². The monoisotopic (exact) mass is 335 g/mol. The van der Waals surface area contributed by atoms with Gasteiger partial charge < -0.3 is 25.0 Å². The van der Waals surface area contributed by atoms with Crippen molar-refractivity contribution in [1.29, 1.82) is 0 Å². The molecule has 6 heteroatoms. The Morgan fingerprint density at radius 3 is 2.46 bits per heavy atom. The first kappa shape index (κ1) is 18.5. The fourth-order valence-corrected chi connectivity index (χ4v) is 2.82. The van der Waals surface area contributed by atoms with Crippen molar-refractivity contribution in [2.45, 2.75) is 19.3 Å². The minimum absolute atomic E-state index is 0.0945. The van der Waals surface area contributed by atoms with Crippen LogP contribution in [0.2, 0.25) is 0 Å². The van der Waals surface area contributed by atoms with E-state index in [1.807, 2.05) is 18.2 Å². The number of nitrogens with zero attached hydrogens (tertiary/aromatic N) is 1. The molecule has 0 aliphatic carbocycles. The summed E-state index contributed by atoms with van der Waals surface area (Å²) >= 11 is 0. The SMILES string of the molecule is COc1cc(CCC(=O)NCCCN2CCNCC2)cc(OC)c1. The Kier molecular flexibility index (Phi) is 7.85. The number of hydrogen-bond donors (Lipinski definition) is 2. The van der Waals surface area contributed by atoms with Crippen molar-refractivity contribution in [2.75, 3.05) is 53.5 Å². The van der Waals surface area contributed by atoms with Crippen LogP contribution in [0.25, 0.3) is 0 Å². The number of nitrogens with one attached hydrogen (secondary N) is 2. The van der Waals surface area contributed by atoms with Crippen molar-refractivity contribution < 1.29 is 14.3 Å². The van der Waals surface area contributed by atoms with Gasteiger partial charge in [-0.25, -0.2) is 0 Å². The van der Waals surface area contributed by atoms with E-state index in [2.05, 4.69) is 15.5 Å². The van der Waals surface area contributed by atoms with E-state index in [1.54, 1.807) is 14.2 Å². The number of piperazine rings is 1. The van der Waals surface area contributed by atoms with E-state index >= 15 is 0 Å². The topological polar surface area (TPSA) is 62.8 Å². The number of rotatable bonds is 9. The normalized spacial score (nSPS) is 15.1. The van der Waals surface area contributed by atoms with Crippen LogP contribution in [0.15, 0.2) is 18.2 Å². The summed E-state index contributed by atoms with van der Waals surface area (Å²) in [6, 6.07) is 5.72. The molecule has 0 saturated carbocycles. The van der Waals surface area contributed by atoms with Gasteiger partial charge in [0.2, 0.25) is 5.91 Å². The largest absolute Gasteiger partial charge is 0.497 e. The average molecular weight is 335 g/mol. The minimum Gasteiger partial charge on any atom is -0.497 e. The lowest BCUT2D eigenvalue weighted by atomic mass is 10.1. The zero-order valence-corrected chi connectivity index (χ0v) is 14.8. The highest BCUT2D eigenvalue weighted by molar-refractivity contribution is 5.76. The molecule has 24 heavy (non-hydrogen) atoms. The lowest BCUT2D eigenvalue weighted by molar-refractivity contribution is -0.121. The van der Waals surface area contributed by atoms with Crippen LogP contribution in [0.4, 0.5) is 0 Å². The molecule has 1 aliphatic rings. The second-order valence-electron chi connectivity index (χ2n) is 6.02. The Labute approximate surface area is 144 Å². The molecule has 1 amide bonds. The zero-order valence-electron chi connectivity index (χ0n) is 14.8. The molecule has 1 aromatic rings. The van der Waals surface area contributed by atoms with Gasteiger partial charge in [-0.3, -0.25) is 4.79 Å². The zero-order chi connectivity index (χ0) is 17.2. The predicted molar refractivity (Wildman–Crippen MR) is 94.8 cm³/mol. The van der Waals surface area contributed by atoms with E-state index < -0.39 is 0 Å². The summed E-state index contributed by atoms with van der Waals surface area (Å²) < 4.78 is 10.5. The highest BCUT2D eigenvalue weighted by atomic mass is 16.5. The quantitative estimate of drug-likeness (QED) is 0.661. The van der Waals surface area contributed by atoms with Gasteiger partial charge in [0.25, 0.3) is 0 Å². The van der Waals surface area contributed by atoms with Gasteiger partial charge in [0.1, 0.15) is 11.5 Å². The predicted octanol–water partition coefficient (Wildman–Crippen LogP) is 1.05. The standard InChI is InChI=1S/C18H29N3O3/c1-23-16-12-15(13-17(14-16)24-2)4-5-18(22)20-6-3-9-21-10-7-19-8-11-21/h12-14,19H,3-11H2,1-2H3,(H,20,22). The third-order valence-corrected chi connectivity index (χ3v) is 4.23. The molecule has 1 aromatic carbocycles. The maximum absolute atomic E-state index is 12.0. The van der Waals surface area contributed by atoms with Crippen molar-refractivity contribution in [1.82, 2.24) is 15.5 Å². The number of methoxy groups -OCH3 is 2. The van der Waals surface area contributed by atoms with E-state index in [0.717, 1.165) is 62.8 Å². The molecule has 2 N–H and O–H groups in total. The van der Waals surface area contributed by atoms with E-state index in [0.29, 0.717) is 12.8 Å². The molecule has 6 nitrogen and oxygen atoms in total. The van der Waals surface area contributed by atoms with E-state index in [-0.39, 0.29) is 5.91 Å². The summed E-state index contributed by atoms with van der Waals surface area (Å²) in [7, 11) is 3.26. The van der Waals surface area contributed by atoms with Crippen LogP contribution in [0.5, 0.6) is 11.5 Å². The average Bonchev–Trinajstić information content (AvgIpc) is 2.64. The van der Waals surface area contributed by atoms with Gasteiger partial charge in [-0.05, 0) is 37.1 Å². The molecule has 0 bridgehead atoms. The number of hydrogen-bond acceptors (Lipinski definition) is 5. The van der Waals surface area contributed by atoms with Crippen molar-refractivity contribution in [2.24, 2.45) is 0 Å². The molecule has 0 atom stereocenters. The number of carbonyl (C=O) groups is 1. The smallest absolute Gasteiger partial charge is 0.220 e. The van der Waals surface area contributed by atoms with Gasteiger partial charge in [-0.1, -0.05) is 0 Å². The van der Waals surface area contributed by atoms with Crippen LogP contribution in [0.1, 0.15) is 18.4 Å². The lowest BCUT2D eigenvalue weighted by Crippen LogP contribution is -2.44. The Morgan fingerprint density at radius 2 is 1.83 bits per heavy atom. The van der Waals surface area contributed by atoms with Crippen molar-refractivity contribution in [3.05, 3.63) is 23.8 Å². The van der Waals surface area contributed by atoms with Crippen molar-refractivity contribution in [3.63, 3.8) is 0 Å². The molecular formula is C18H29N3O3. The molecule has 0 aromatic heterocycles. The van der Waals surface area contributed by atoms with Crippen LogP contribution in [-0.4, -0.2) is 64.3 Å². The summed E-state index contributed by atoms with van der Waals surface area (Å²) in [4.78, 5) is 14.4. The van der Waals surface area contributed by atoms with Gasteiger partial charge in [0.05, 0.1) is 14.2 Å². The first-order chi connectivity index (χ1) is 11.7. The molecule has 1 fully saturated rings. The lowest BCUT2D eigenvalue weighted by Gasteiger charge is -2.27. The van der Waals surface area contributed by atoms with Gasteiger partial charge in [0, 0.05) is 45.2 Å². The highest BCUT2D eigenvalue weighted by Crippen LogP contribution is 2.23. The third kappa shape index (κ3) is 6.37. The van der Waals surface area contributed by atoms with E-state index in [1.165, 1.54) is 0 Å². The summed E-state index contributed by atoms with van der Waals surface area (Å²) in [6.45, 7) is 6.13. The van der Waals surface area contributed by atoms with Crippen LogP contribution in [-0.2, 0) is 11.2 Å². The Hall–Kier alpha value is -1.79. The summed E-state index contributed by atoms with van der Waals surface area (Å²) in [5.74, 6) is 1.60. The Morgan fingerprint density at radius 1 is 1.17 bits per heavy atom. The van der Waals surface area contributed by atoms with Crippen LogP contribution < -0.4 is 20.1 Å². The third-order valence-electron chi connectivity index (χ3n) is 4.23. The maximum atomic E-state index is 12.0. The van der Waals surface area contributed by atoms with E-state index in [9.17, 15) is 4.79 Å². The molecule has 1 aliphatic heterocycles. The Balaban J connectivity index is 1.65. The van der Waals surface area contributed by atoms with Crippen molar-refractivity contribution >= 4 is 5.91 Å².